The minimum Gasteiger partial charge on any atom is -0.342 e. The lowest BCUT2D eigenvalue weighted by molar-refractivity contribution is -0.137. The first-order chi connectivity index (χ1) is 11.9. The highest BCUT2D eigenvalue weighted by atomic mass is 16.2. The molecule has 1 N–H and O–H groups in total. The zero-order valence-electron chi connectivity index (χ0n) is 14.7. The molecule has 7 nitrogen and oxygen atoms in total. The van der Waals surface area contributed by atoms with Gasteiger partial charge in [-0.25, -0.2) is 4.98 Å². The van der Waals surface area contributed by atoms with Gasteiger partial charge in [0, 0.05) is 32.8 Å². The summed E-state index contributed by atoms with van der Waals surface area (Å²) in [6.07, 6.45) is 4.22. The van der Waals surface area contributed by atoms with Gasteiger partial charge in [-0.05, 0) is 43.4 Å². The van der Waals surface area contributed by atoms with Gasteiger partial charge in [0.1, 0.15) is 5.82 Å². The van der Waals surface area contributed by atoms with Gasteiger partial charge in [-0.3, -0.25) is 14.4 Å². The minimum atomic E-state index is -0.346. The van der Waals surface area contributed by atoms with Crippen molar-refractivity contribution in [2.45, 2.75) is 26.2 Å². The van der Waals surface area contributed by atoms with Crippen LogP contribution >= 0.6 is 0 Å². The maximum atomic E-state index is 12.5. The van der Waals surface area contributed by atoms with Gasteiger partial charge in [0.2, 0.25) is 17.7 Å². The van der Waals surface area contributed by atoms with Crippen molar-refractivity contribution in [2.24, 2.45) is 11.8 Å². The predicted octanol–water partition coefficient (Wildman–Crippen LogP) is 1.05. The third-order valence-corrected chi connectivity index (χ3v) is 4.68. The molecule has 1 unspecified atom stereocenters. The summed E-state index contributed by atoms with van der Waals surface area (Å²) in [5, 5.41) is 2.69. The molecule has 1 saturated heterocycles. The van der Waals surface area contributed by atoms with Crippen molar-refractivity contribution < 1.29 is 14.4 Å². The van der Waals surface area contributed by atoms with Crippen LogP contribution in [-0.2, 0) is 14.4 Å². The van der Waals surface area contributed by atoms with Crippen molar-refractivity contribution in [3.8, 4) is 0 Å². The summed E-state index contributed by atoms with van der Waals surface area (Å²) >= 11 is 0. The van der Waals surface area contributed by atoms with E-state index in [1.165, 1.54) is 17.7 Å². The standard InChI is InChI=1S/C18H24N4O3/c1-12-5-6-19-15(7-12)20-16(23)11-21(2)18(25)14-8-17(24)22(10-14)9-13-3-4-13/h5-7,13-14H,3-4,8-11H2,1-2H3,(H,19,20,23). The number of aryl methyl sites for hydroxylation is 1. The number of likely N-dealkylation sites (N-methyl/N-ethyl adjacent to an activating group) is 1. The second-order valence-corrected chi connectivity index (χ2v) is 7.10. The lowest BCUT2D eigenvalue weighted by atomic mass is 10.1. The third-order valence-electron chi connectivity index (χ3n) is 4.68. The summed E-state index contributed by atoms with van der Waals surface area (Å²) in [5.41, 5.74) is 0.995. The maximum absolute atomic E-state index is 12.5. The molecule has 3 amide bonds. The Bertz CT molecular complexity index is 687. The molecule has 0 spiro atoms. The average Bonchev–Trinajstić information content (AvgIpc) is 3.29. The molecule has 1 atom stereocenters. The number of likely N-dealkylation sites (tertiary alicyclic amines) is 1. The molecule has 2 aliphatic rings. The van der Waals surface area contributed by atoms with E-state index in [0.717, 1.165) is 12.1 Å². The third kappa shape index (κ3) is 4.55. The van der Waals surface area contributed by atoms with Gasteiger partial charge >= 0.3 is 0 Å². The van der Waals surface area contributed by atoms with E-state index in [1.54, 1.807) is 24.2 Å². The van der Waals surface area contributed by atoms with Gasteiger partial charge < -0.3 is 15.1 Å². The van der Waals surface area contributed by atoms with Crippen LogP contribution in [-0.4, -0.2) is 59.2 Å². The number of carbonyl (C=O) groups excluding carboxylic acids is 3. The Balaban J connectivity index is 1.50. The SMILES string of the molecule is Cc1ccnc(NC(=O)CN(C)C(=O)C2CC(=O)N(CC3CC3)C2)c1. The highest BCUT2D eigenvalue weighted by molar-refractivity contribution is 5.95. The first kappa shape index (κ1) is 17.4. The van der Waals surface area contributed by atoms with Crippen molar-refractivity contribution in [1.82, 2.24) is 14.8 Å². The second-order valence-electron chi connectivity index (χ2n) is 7.10. The van der Waals surface area contributed by atoms with E-state index in [0.29, 0.717) is 18.3 Å². The molecule has 1 aromatic heterocycles. The fraction of sp³-hybridized carbons (Fsp3) is 0.556. The quantitative estimate of drug-likeness (QED) is 0.836. The summed E-state index contributed by atoms with van der Waals surface area (Å²) in [5.74, 6) is 0.334. The Labute approximate surface area is 147 Å². The predicted molar refractivity (Wildman–Crippen MR) is 92.7 cm³/mol. The fourth-order valence-electron chi connectivity index (χ4n) is 3.12. The molecule has 1 aliphatic carbocycles. The molecule has 25 heavy (non-hydrogen) atoms. The first-order valence-electron chi connectivity index (χ1n) is 8.67. The largest absolute Gasteiger partial charge is 0.342 e. The number of nitrogens with zero attached hydrogens (tertiary/aromatic N) is 3. The van der Waals surface area contributed by atoms with Crippen LogP contribution < -0.4 is 5.32 Å². The smallest absolute Gasteiger partial charge is 0.245 e. The molecule has 0 bridgehead atoms. The van der Waals surface area contributed by atoms with Gasteiger partial charge in [0.25, 0.3) is 0 Å². The molecular formula is C18H24N4O3. The number of nitrogens with one attached hydrogen (secondary N) is 1. The maximum Gasteiger partial charge on any atom is 0.245 e. The molecule has 2 fully saturated rings. The fourth-order valence-corrected chi connectivity index (χ4v) is 3.12. The summed E-state index contributed by atoms with van der Waals surface area (Å²) < 4.78 is 0. The Hall–Kier alpha value is -2.44. The van der Waals surface area contributed by atoms with Gasteiger partial charge in [0.05, 0.1) is 12.5 Å². The minimum absolute atomic E-state index is 0.0482. The van der Waals surface area contributed by atoms with E-state index in [4.69, 9.17) is 0 Å². The van der Waals surface area contributed by atoms with Crippen molar-refractivity contribution in [2.75, 3.05) is 32.0 Å². The van der Waals surface area contributed by atoms with Gasteiger partial charge in [-0.1, -0.05) is 0 Å². The van der Waals surface area contributed by atoms with Gasteiger partial charge in [-0.15, -0.1) is 0 Å². The zero-order chi connectivity index (χ0) is 18.0. The Morgan fingerprint density at radius 3 is 2.84 bits per heavy atom. The van der Waals surface area contributed by atoms with E-state index >= 15 is 0 Å². The molecule has 3 rings (SSSR count). The summed E-state index contributed by atoms with van der Waals surface area (Å²) in [6, 6.07) is 3.61. The molecule has 1 aromatic rings. The number of pyridine rings is 1. The highest BCUT2D eigenvalue weighted by Gasteiger charge is 2.38. The number of carbonyl (C=O) groups is 3. The van der Waals surface area contributed by atoms with Crippen LogP contribution in [0.4, 0.5) is 5.82 Å². The average molecular weight is 344 g/mol. The number of aromatic nitrogens is 1. The van der Waals surface area contributed by atoms with Crippen molar-refractivity contribution in [1.29, 1.82) is 0 Å². The number of rotatable bonds is 6. The molecule has 0 radical (unpaired) electrons. The Morgan fingerprint density at radius 1 is 1.40 bits per heavy atom. The topological polar surface area (TPSA) is 82.6 Å². The van der Waals surface area contributed by atoms with E-state index in [1.807, 2.05) is 13.0 Å². The summed E-state index contributed by atoms with van der Waals surface area (Å²) in [7, 11) is 1.60. The van der Waals surface area contributed by atoms with E-state index in [2.05, 4.69) is 10.3 Å². The van der Waals surface area contributed by atoms with E-state index in [9.17, 15) is 14.4 Å². The molecule has 7 heteroatoms. The van der Waals surface area contributed by atoms with Crippen LogP contribution in [0.3, 0.4) is 0 Å². The van der Waals surface area contributed by atoms with Crippen LogP contribution in [0.25, 0.3) is 0 Å². The Kier molecular flexibility index (Phi) is 5.01. The van der Waals surface area contributed by atoms with Crippen LogP contribution in [0.15, 0.2) is 18.3 Å². The van der Waals surface area contributed by atoms with Crippen molar-refractivity contribution in [3.63, 3.8) is 0 Å². The molecule has 0 aromatic carbocycles. The van der Waals surface area contributed by atoms with Crippen molar-refractivity contribution in [3.05, 3.63) is 23.9 Å². The first-order valence-corrected chi connectivity index (χ1v) is 8.67. The lowest BCUT2D eigenvalue weighted by Gasteiger charge is -2.21. The second kappa shape index (κ2) is 7.21. The Morgan fingerprint density at radius 2 is 2.16 bits per heavy atom. The number of amides is 3. The van der Waals surface area contributed by atoms with Crippen LogP contribution in [0, 0.1) is 18.8 Å². The number of hydrogen-bond donors (Lipinski definition) is 1. The van der Waals surface area contributed by atoms with Gasteiger partial charge in [-0.2, -0.15) is 0 Å². The lowest BCUT2D eigenvalue weighted by Crippen LogP contribution is -2.39. The normalized spacial score (nSPS) is 19.8. The van der Waals surface area contributed by atoms with Gasteiger partial charge in [0.15, 0.2) is 0 Å². The molecule has 1 aliphatic heterocycles. The van der Waals surface area contributed by atoms with Crippen LogP contribution in [0.5, 0.6) is 0 Å². The van der Waals surface area contributed by atoms with E-state index < -0.39 is 0 Å². The summed E-state index contributed by atoms with van der Waals surface area (Å²) in [6.45, 7) is 3.10. The monoisotopic (exact) mass is 344 g/mol. The van der Waals surface area contributed by atoms with Crippen LogP contribution in [0.1, 0.15) is 24.8 Å². The number of anilines is 1. The van der Waals surface area contributed by atoms with Crippen molar-refractivity contribution >= 4 is 23.5 Å². The summed E-state index contributed by atoms with van der Waals surface area (Å²) in [4.78, 5) is 43.9. The molecule has 1 saturated carbocycles. The van der Waals surface area contributed by atoms with Crippen LogP contribution in [0.2, 0.25) is 0 Å². The zero-order valence-corrected chi connectivity index (χ0v) is 14.7. The molecular weight excluding hydrogens is 320 g/mol. The molecule has 2 heterocycles. The van der Waals surface area contributed by atoms with E-state index in [-0.39, 0.29) is 36.6 Å². The molecule has 134 valence electrons. The highest BCUT2D eigenvalue weighted by Crippen LogP contribution is 2.32. The number of hydrogen-bond acceptors (Lipinski definition) is 4.